The molecule has 7 nitrogen and oxygen atoms in total. The van der Waals surface area contributed by atoms with Crippen LogP contribution >= 0.6 is 0 Å². The fourth-order valence-corrected chi connectivity index (χ4v) is 1.86. The number of aromatic nitrogens is 2. The minimum atomic E-state index is -1.17. The Morgan fingerprint density at radius 3 is 2.68 bits per heavy atom. The van der Waals surface area contributed by atoms with Crippen LogP contribution in [0.3, 0.4) is 0 Å². The molecule has 0 saturated carbocycles. The number of rotatable bonds is 6. The van der Waals surface area contributed by atoms with Gasteiger partial charge in [0, 0.05) is 19.8 Å². The maximum atomic E-state index is 11.5. The van der Waals surface area contributed by atoms with Crippen molar-refractivity contribution in [3.05, 3.63) is 53.9 Å². The van der Waals surface area contributed by atoms with E-state index in [9.17, 15) is 15.0 Å². The van der Waals surface area contributed by atoms with E-state index in [1.54, 1.807) is 19.3 Å². The molecule has 0 bridgehead atoms. The maximum Gasteiger partial charge on any atom is 0.407 e. The van der Waals surface area contributed by atoms with Crippen LogP contribution in [0.4, 0.5) is 4.79 Å². The lowest BCUT2D eigenvalue weighted by atomic mass is 10.1. The summed E-state index contributed by atoms with van der Waals surface area (Å²) < 4.78 is 6.53. The summed E-state index contributed by atoms with van der Waals surface area (Å²) in [7, 11) is 1.71. The van der Waals surface area contributed by atoms with Gasteiger partial charge < -0.3 is 20.3 Å². The Balaban J connectivity index is 1.73. The Morgan fingerprint density at radius 1 is 1.32 bits per heavy atom. The first kappa shape index (κ1) is 16.0. The average Bonchev–Trinajstić information content (AvgIpc) is 2.97. The van der Waals surface area contributed by atoms with Gasteiger partial charge in [-0.25, -0.2) is 4.79 Å². The predicted octanol–water partition coefficient (Wildman–Crippen LogP) is 0.741. The minimum absolute atomic E-state index is 0.134. The molecule has 3 N–H and O–H groups in total. The van der Waals surface area contributed by atoms with Gasteiger partial charge in [-0.05, 0) is 11.6 Å². The minimum Gasteiger partial charge on any atom is -0.445 e. The van der Waals surface area contributed by atoms with Gasteiger partial charge in [0.05, 0.1) is 5.69 Å². The molecule has 2 atom stereocenters. The Morgan fingerprint density at radius 2 is 2.05 bits per heavy atom. The van der Waals surface area contributed by atoms with Crippen LogP contribution in [0.25, 0.3) is 0 Å². The van der Waals surface area contributed by atoms with Crippen LogP contribution in [-0.4, -0.2) is 38.7 Å². The molecule has 22 heavy (non-hydrogen) atoms. The molecule has 2 unspecified atom stereocenters. The molecule has 1 aromatic carbocycles. The van der Waals surface area contributed by atoms with Crippen molar-refractivity contribution in [3.63, 3.8) is 0 Å². The number of aliphatic hydroxyl groups is 2. The van der Waals surface area contributed by atoms with Gasteiger partial charge in [-0.1, -0.05) is 30.3 Å². The number of amides is 1. The normalized spacial score (nSPS) is 13.4. The highest BCUT2D eigenvalue weighted by Crippen LogP contribution is 2.13. The van der Waals surface area contributed by atoms with Crippen molar-refractivity contribution in [1.29, 1.82) is 0 Å². The second kappa shape index (κ2) is 7.58. The lowest BCUT2D eigenvalue weighted by Crippen LogP contribution is -2.35. The van der Waals surface area contributed by atoms with Gasteiger partial charge in [0.25, 0.3) is 0 Å². The third-order valence-electron chi connectivity index (χ3n) is 3.07. The summed E-state index contributed by atoms with van der Waals surface area (Å²) in [5.74, 6) is 0. The zero-order valence-electron chi connectivity index (χ0n) is 12.2. The van der Waals surface area contributed by atoms with Gasteiger partial charge >= 0.3 is 6.09 Å². The van der Waals surface area contributed by atoms with E-state index in [0.717, 1.165) is 5.56 Å². The third kappa shape index (κ3) is 4.57. The Kier molecular flexibility index (Phi) is 5.51. The summed E-state index contributed by atoms with van der Waals surface area (Å²) in [4.78, 5) is 11.5. The zero-order valence-corrected chi connectivity index (χ0v) is 12.2. The summed E-state index contributed by atoms with van der Waals surface area (Å²) in [6.45, 7) is 0.0108. The molecule has 1 heterocycles. The molecule has 0 aliphatic carbocycles. The molecular weight excluding hydrogens is 286 g/mol. The number of nitrogens with zero attached hydrogens (tertiary/aromatic N) is 2. The molecule has 0 spiro atoms. The van der Waals surface area contributed by atoms with Crippen molar-refractivity contribution in [1.82, 2.24) is 15.1 Å². The number of aryl methyl sites for hydroxylation is 1. The third-order valence-corrected chi connectivity index (χ3v) is 3.07. The van der Waals surface area contributed by atoms with Crippen LogP contribution in [0, 0.1) is 0 Å². The molecule has 2 rings (SSSR count). The second-order valence-electron chi connectivity index (χ2n) is 4.87. The van der Waals surface area contributed by atoms with Gasteiger partial charge in [-0.2, -0.15) is 5.10 Å². The number of nitrogens with one attached hydrogen (secondary N) is 1. The summed E-state index contributed by atoms with van der Waals surface area (Å²) in [5, 5.41) is 26.2. The van der Waals surface area contributed by atoms with Gasteiger partial charge in [0.1, 0.15) is 18.8 Å². The van der Waals surface area contributed by atoms with Crippen molar-refractivity contribution in [3.8, 4) is 0 Å². The van der Waals surface area contributed by atoms with E-state index in [1.165, 1.54) is 4.68 Å². The Hall–Kier alpha value is -2.38. The van der Waals surface area contributed by atoms with Crippen molar-refractivity contribution >= 4 is 6.09 Å². The SMILES string of the molecule is Cn1ccc(C(O)C(O)CNC(=O)OCc2ccccc2)n1. The molecular formula is C15H19N3O4. The van der Waals surface area contributed by atoms with E-state index < -0.39 is 18.3 Å². The predicted molar refractivity (Wildman–Crippen MR) is 78.8 cm³/mol. The van der Waals surface area contributed by atoms with Crippen molar-refractivity contribution in [2.24, 2.45) is 7.05 Å². The number of ether oxygens (including phenoxy) is 1. The fraction of sp³-hybridized carbons (Fsp3) is 0.333. The molecule has 0 radical (unpaired) electrons. The van der Waals surface area contributed by atoms with E-state index in [2.05, 4.69) is 10.4 Å². The highest BCUT2D eigenvalue weighted by Gasteiger charge is 2.21. The number of benzene rings is 1. The number of carbonyl (C=O) groups excluding carboxylic acids is 1. The van der Waals surface area contributed by atoms with E-state index in [1.807, 2.05) is 30.3 Å². The van der Waals surface area contributed by atoms with Crippen LogP contribution in [0.1, 0.15) is 17.4 Å². The monoisotopic (exact) mass is 305 g/mol. The highest BCUT2D eigenvalue weighted by molar-refractivity contribution is 5.67. The molecule has 0 saturated heterocycles. The van der Waals surface area contributed by atoms with Gasteiger partial charge in [-0.15, -0.1) is 0 Å². The van der Waals surface area contributed by atoms with Crippen molar-refractivity contribution in [2.75, 3.05) is 6.54 Å². The number of hydrogen-bond acceptors (Lipinski definition) is 5. The van der Waals surface area contributed by atoms with Crippen LogP contribution < -0.4 is 5.32 Å². The summed E-state index contributed by atoms with van der Waals surface area (Å²) in [6.07, 6.45) is -1.33. The lowest BCUT2D eigenvalue weighted by molar-refractivity contribution is 0.0156. The number of hydrogen-bond donors (Lipinski definition) is 3. The van der Waals surface area contributed by atoms with Crippen molar-refractivity contribution < 1.29 is 19.7 Å². The first-order valence-corrected chi connectivity index (χ1v) is 6.86. The quantitative estimate of drug-likeness (QED) is 0.731. The summed E-state index contributed by atoms with van der Waals surface area (Å²) in [5.41, 5.74) is 1.21. The number of carbonyl (C=O) groups is 1. The molecule has 2 aromatic rings. The smallest absolute Gasteiger partial charge is 0.407 e. The first-order chi connectivity index (χ1) is 10.6. The summed E-state index contributed by atoms with van der Waals surface area (Å²) in [6, 6.07) is 10.9. The highest BCUT2D eigenvalue weighted by atomic mass is 16.5. The first-order valence-electron chi connectivity index (χ1n) is 6.86. The van der Waals surface area contributed by atoms with Crippen LogP contribution in [-0.2, 0) is 18.4 Å². The largest absolute Gasteiger partial charge is 0.445 e. The van der Waals surface area contributed by atoms with E-state index in [0.29, 0.717) is 5.69 Å². The fourth-order valence-electron chi connectivity index (χ4n) is 1.86. The number of alkyl carbamates (subject to hydrolysis) is 1. The van der Waals surface area contributed by atoms with Crippen LogP contribution in [0.15, 0.2) is 42.6 Å². The number of aliphatic hydroxyl groups excluding tert-OH is 2. The Labute approximate surface area is 128 Å². The zero-order chi connectivity index (χ0) is 15.9. The molecule has 118 valence electrons. The Bertz CT molecular complexity index is 600. The van der Waals surface area contributed by atoms with Gasteiger partial charge in [0.15, 0.2) is 0 Å². The molecule has 0 aliphatic heterocycles. The standard InChI is InChI=1S/C15H19N3O4/c1-18-8-7-12(17-18)14(20)13(19)9-16-15(21)22-10-11-5-3-2-4-6-11/h2-8,13-14,19-20H,9-10H2,1H3,(H,16,21). The van der Waals surface area contributed by atoms with Crippen molar-refractivity contribution in [2.45, 2.75) is 18.8 Å². The average molecular weight is 305 g/mol. The van der Waals surface area contributed by atoms with E-state index in [4.69, 9.17) is 4.74 Å². The van der Waals surface area contributed by atoms with Crippen LogP contribution in [0.5, 0.6) is 0 Å². The molecule has 1 amide bonds. The van der Waals surface area contributed by atoms with E-state index in [-0.39, 0.29) is 13.2 Å². The molecule has 0 fully saturated rings. The summed E-state index contributed by atoms with van der Waals surface area (Å²) >= 11 is 0. The topological polar surface area (TPSA) is 96.6 Å². The lowest BCUT2D eigenvalue weighted by Gasteiger charge is -2.16. The van der Waals surface area contributed by atoms with E-state index >= 15 is 0 Å². The molecule has 1 aromatic heterocycles. The second-order valence-corrected chi connectivity index (χ2v) is 4.87. The maximum absolute atomic E-state index is 11.5. The molecule has 7 heteroatoms. The molecule has 0 aliphatic rings. The van der Waals surface area contributed by atoms with Gasteiger partial charge in [0.2, 0.25) is 0 Å². The van der Waals surface area contributed by atoms with Crippen LogP contribution in [0.2, 0.25) is 0 Å². The van der Waals surface area contributed by atoms with Gasteiger partial charge in [-0.3, -0.25) is 4.68 Å².